The van der Waals surface area contributed by atoms with Crippen LogP contribution in [0.2, 0.25) is 0 Å². The van der Waals surface area contributed by atoms with Gasteiger partial charge in [0, 0.05) is 15.9 Å². The van der Waals surface area contributed by atoms with E-state index in [4.69, 9.17) is 24.3 Å². The molecule has 1 aromatic heterocycles. The average molecular weight is 758 g/mol. The summed E-state index contributed by atoms with van der Waals surface area (Å²) in [5.41, 5.74) is 3.53. The summed E-state index contributed by atoms with van der Waals surface area (Å²) < 4.78 is 21.3. The number of rotatable bonds is 13. The van der Waals surface area contributed by atoms with E-state index in [1.807, 2.05) is 74.5 Å². The highest BCUT2D eigenvalue weighted by atomic mass is 79.9. The van der Waals surface area contributed by atoms with Crippen LogP contribution in [-0.4, -0.2) is 40.1 Å². The van der Waals surface area contributed by atoms with Crippen LogP contribution in [0.5, 0.6) is 17.2 Å². The molecule has 1 atom stereocenters. The van der Waals surface area contributed by atoms with Gasteiger partial charge in [-0.25, -0.2) is 4.68 Å². The molecular formula is C33H35Br2N5O4S. The maximum absolute atomic E-state index is 14.1. The summed E-state index contributed by atoms with van der Waals surface area (Å²) in [4.78, 5) is 18.9. The molecule has 45 heavy (non-hydrogen) atoms. The van der Waals surface area contributed by atoms with Crippen molar-refractivity contribution < 1.29 is 19.0 Å². The topological polar surface area (TPSA) is 99.5 Å². The van der Waals surface area contributed by atoms with E-state index < -0.39 is 6.04 Å². The molecule has 1 aliphatic heterocycles. The van der Waals surface area contributed by atoms with Crippen molar-refractivity contribution in [2.45, 2.75) is 51.4 Å². The van der Waals surface area contributed by atoms with E-state index in [-0.39, 0.29) is 5.91 Å². The number of nitrogens with zero attached hydrogens (tertiary/aromatic N) is 3. The van der Waals surface area contributed by atoms with E-state index in [9.17, 15) is 4.79 Å². The molecular weight excluding hydrogens is 722 g/mol. The fraction of sp³-hybridized carbons (Fsp3) is 0.303. The van der Waals surface area contributed by atoms with Crippen LogP contribution < -0.4 is 24.8 Å². The Morgan fingerprint density at radius 2 is 1.84 bits per heavy atom. The third-order valence-corrected chi connectivity index (χ3v) is 9.15. The quantitative estimate of drug-likeness (QED) is 0.103. The molecule has 3 aromatic carbocycles. The predicted octanol–water partition coefficient (Wildman–Crippen LogP) is 8.61. The van der Waals surface area contributed by atoms with Gasteiger partial charge in [-0.3, -0.25) is 4.79 Å². The largest absolute Gasteiger partial charge is 0.493 e. The summed E-state index contributed by atoms with van der Waals surface area (Å²) in [6, 6.07) is 18.6. The van der Waals surface area contributed by atoms with E-state index in [0.717, 1.165) is 34.2 Å². The number of methoxy groups -OCH3 is 1. The third kappa shape index (κ3) is 7.67. The molecule has 4 aromatic rings. The van der Waals surface area contributed by atoms with Crippen LogP contribution in [0.1, 0.15) is 50.8 Å². The van der Waals surface area contributed by atoms with Crippen molar-refractivity contribution in [2.75, 3.05) is 30.1 Å². The number of hydrogen-bond donors (Lipinski definition) is 2. The molecule has 0 spiro atoms. The van der Waals surface area contributed by atoms with E-state index >= 15 is 0 Å². The fourth-order valence-corrected chi connectivity index (χ4v) is 6.67. The summed E-state index contributed by atoms with van der Waals surface area (Å²) in [5, 5.41) is 11.9. The first-order valence-electron chi connectivity index (χ1n) is 14.7. The SMILES string of the molecule is CCCCSc1nc2n(n1)C(c1cc(Br)c(OCc3ccc(Br)cc3)c(OC)c1)C(C(=O)Nc1ccccc1OCC)=C(C)N2. The molecule has 236 valence electrons. The van der Waals surface area contributed by atoms with Crippen LogP contribution in [0.15, 0.2) is 86.0 Å². The van der Waals surface area contributed by atoms with E-state index in [1.54, 1.807) is 23.6 Å². The lowest BCUT2D eigenvalue weighted by molar-refractivity contribution is -0.113. The second-order valence-electron chi connectivity index (χ2n) is 10.3. The van der Waals surface area contributed by atoms with Crippen molar-refractivity contribution >= 4 is 61.2 Å². The van der Waals surface area contributed by atoms with Crippen molar-refractivity contribution in [2.24, 2.45) is 0 Å². The van der Waals surface area contributed by atoms with Gasteiger partial charge in [-0.05, 0) is 83.7 Å². The van der Waals surface area contributed by atoms with Crippen LogP contribution in [0.4, 0.5) is 11.6 Å². The zero-order valence-electron chi connectivity index (χ0n) is 25.5. The van der Waals surface area contributed by atoms with Gasteiger partial charge in [0.2, 0.25) is 11.1 Å². The first kappa shape index (κ1) is 32.9. The van der Waals surface area contributed by atoms with Crippen molar-refractivity contribution in [1.29, 1.82) is 0 Å². The standard InChI is InChI=1S/C33H35Br2N5O4S/c1-5-7-16-45-33-38-32-36-20(3)28(31(41)37-25-10-8-9-11-26(25)43-6-2)29(40(32)39-33)22-17-24(35)30(27(18-22)42-4)44-19-21-12-14-23(34)15-13-21/h8-15,17-18,29H,5-7,16,19H2,1-4H3,(H,37,41)(H,36,38,39). The van der Waals surface area contributed by atoms with E-state index in [0.29, 0.717) is 63.0 Å². The van der Waals surface area contributed by atoms with Crippen molar-refractivity contribution in [3.05, 3.63) is 92.0 Å². The van der Waals surface area contributed by atoms with Crippen LogP contribution >= 0.6 is 43.6 Å². The monoisotopic (exact) mass is 755 g/mol. The van der Waals surface area contributed by atoms with Crippen LogP contribution in [0.3, 0.4) is 0 Å². The van der Waals surface area contributed by atoms with Gasteiger partial charge in [-0.15, -0.1) is 5.10 Å². The molecule has 1 aliphatic rings. The number of ether oxygens (including phenoxy) is 3. The number of allylic oxidation sites excluding steroid dienone is 1. The lowest BCUT2D eigenvalue weighted by Crippen LogP contribution is -2.31. The number of carbonyl (C=O) groups is 1. The average Bonchev–Trinajstić information content (AvgIpc) is 3.43. The molecule has 2 N–H and O–H groups in total. The molecule has 0 bridgehead atoms. The predicted molar refractivity (Wildman–Crippen MR) is 186 cm³/mol. The Morgan fingerprint density at radius 1 is 1.07 bits per heavy atom. The number of benzene rings is 3. The minimum atomic E-state index is -0.612. The molecule has 0 radical (unpaired) electrons. The summed E-state index contributed by atoms with van der Waals surface area (Å²) >= 11 is 8.79. The Kier molecular flexibility index (Phi) is 11.1. The molecule has 0 saturated heterocycles. The van der Waals surface area contributed by atoms with Crippen LogP contribution in [0, 0.1) is 0 Å². The fourth-order valence-electron chi connectivity index (χ4n) is 4.92. The molecule has 9 nitrogen and oxygen atoms in total. The molecule has 1 amide bonds. The van der Waals surface area contributed by atoms with Gasteiger partial charge in [0.15, 0.2) is 11.5 Å². The second kappa shape index (κ2) is 15.2. The molecule has 0 aliphatic carbocycles. The van der Waals surface area contributed by atoms with E-state index in [2.05, 4.69) is 49.4 Å². The van der Waals surface area contributed by atoms with Gasteiger partial charge in [0.25, 0.3) is 5.91 Å². The van der Waals surface area contributed by atoms with Crippen molar-refractivity contribution in [3.8, 4) is 17.2 Å². The summed E-state index contributed by atoms with van der Waals surface area (Å²) in [6.07, 6.45) is 2.14. The highest BCUT2D eigenvalue weighted by Gasteiger charge is 2.35. The van der Waals surface area contributed by atoms with Gasteiger partial charge in [0.05, 0.1) is 29.4 Å². The molecule has 5 rings (SSSR count). The highest BCUT2D eigenvalue weighted by molar-refractivity contribution is 9.10. The number of amides is 1. The van der Waals surface area contributed by atoms with Gasteiger partial charge in [-0.1, -0.05) is 65.3 Å². The number of thioether (sulfide) groups is 1. The Balaban J connectivity index is 1.54. The summed E-state index contributed by atoms with van der Waals surface area (Å²) in [5.74, 6) is 2.86. The number of aromatic nitrogens is 3. The Morgan fingerprint density at radius 3 is 2.58 bits per heavy atom. The first-order valence-corrected chi connectivity index (χ1v) is 17.2. The Hall–Kier alpha value is -3.48. The maximum atomic E-state index is 14.1. The molecule has 0 fully saturated rings. The molecule has 2 heterocycles. The number of carbonyl (C=O) groups excluding carboxylic acids is 1. The number of nitrogens with one attached hydrogen (secondary N) is 2. The van der Waals surface area contributed by atoms with Gasteiger partial charge in [0.1, 0.15) is 18.4 Å². The highest BCUT2D eigenvalue weighted by Crippen LogP contribution is 2.44. The first-order chi connectivity index (χ1) is 21.8. The molecule has 0 saturated carbocycles. The number of hydrogen-bond acceptors (Lipinski definition) is 8. The normalized spacial score (nSPS) is 14.0. The summed E-state index contributed by atoms with van der Waals surface area (Å²) in [7, 11) is 1.60. The molecule has 1 unspecified atom stereocenters. The van der Waals surface area contributed by atoms with Crippen LogP contribution in [-0.2, 0) is 11.4 Å². The second-order valence-corrected chi connectivity index (χ2v) is 13.1. The lowest BCUT2D eigenvalue weighted by atomic mass is 9.94. The maximum Gasteiger partial charge on any atom is 0.255 e. The summed E-state index contributed by atoms with van der Waals surface area (Å²) in [6.45, 7) is 6.77. The number of unbranched alkanes of at least 4 members (excludes halogenated alkanes) is 1. The van der Waals surface area contributed by atoms with Crippen molar-refractivity contribution in [1.82, 2.24) is 14.8 Å². The van der Waals surface area contributed by atoms with Crippen LogP contribution in [0.25, 0.3) is 0 Å². The van der Waals surface area contributed by atoms with E-state index in [1.165, 1.54) is 0 Å². The minimum absolute atomic E-state index is 0.288. The number of halogens is 2. The number of para-hydroxylation sites is 2. The van der Waals surface area contributed by atoms with Gasteiger partial charge in [-0.2, -0.15) is 4.98 Å². The lowest BCUT2D eigenvalue weighted by Gasteiger charge is -2.29. The number of fused-ring (bicyclic) bond motifs is 1. The number of anilines is 2. The Bertz CT molecular complexity index is 1690. The third-order valence-electron chi connectivity index (χ3n) is 7.11. The smallest absolute Gasteiger partial charge is 0.255 e. The van der Waals surface area contributed by atoms with Gasteiger partial charge >= 0.3 is 0 Å². The van der Waals surface area contributed by atoms with Crippen molar-refractivity contribution in [3.63, 3.8) is 0 Å². The van der Waals surface area contributed by atoms with Gasteiger partial charge < -0.3 is 24.8 Å². The minimum Gasteiger partial charge on any atom is -0.493 e. The Labute approximate surface area is 284 Å². The molecule has 12 heteroatoms. The zero-order chi connectivity index (χ0) is 31.9. The zero-order valence-corrected chi connectivity index (χ0v) is 29.5.